The van der Waals surface area contributed by atoms with Crippen molar-refractivity contribution in [3.63, 3.8) is 0 Å². The van der Waals surface area contributed by atoms with Gasteiger partial charge >= 0.3 is 11.4 Å². The van der Waals surface area contributed by atoms with Crippen LogP contribution in [0.1, 0.15) is 40.8 Å². The number of aromatic hydroxyl groups is 1. The molecule has 2 aromatic heterocycles. The Morgan fingerprint density at radius 1 is 0.881 bits per heavy atom. The lowest BCUT2D eigenvalue weighted by Gasteiger charge is -2.49. The molecule has 300 valence electrons. The van der Waals surface area contributed by atoms with Crippen molar-refractivity contribution in [3.05, 3.63) is 156 Å². The lowest BCUT2D eigenvalue weighted by atomic mass is 9.53. The third-order valence-electron chi connectivity index (χ3n) is 12.2. The second-order valence-corrected chi connectivity index (χ2v) is 15.2. The summed E-state index contributed by atoms with van der Waals surface area (Å²) in [4.78, 5) is 76.9. The fraction of sp³-hybridized carbons (Fsp3) is 0.273. The van der Waals surface area contributed by atoms with Crippen molar-refractivity contribution >= 4 is 28.5 Å². The molecule has 0 radical (unpaired) electrons. The van der Waals surface area contributed by atoms with Gasteiger partial charge in [0.25, 0.3) is 17.4 Å². The molecular weight excluding hydrogens is 755 g/mol. The summed E-state index contributed by atoms with van der Waals surface area (Å²) in [5.74, 6) is -1.95. The van der Waals surface area contributed by atoms with Crippen molar-refractivity contribution in [2.75, 3.05) is 19.6 Å². The molecule has 2 amide bonds. The number of benzene rings is 4. The number of ether oxygens (including phenoxy) is 2. The highest BCUT2D eigenvalue weighted by atomic mass is 16.5. The van der Waals surface area contributed by atoms with Crippen molar-refractivity contribution in [3.8, 4) is 17.2 Å². The summed E-state index contributed by atoms with van der Waals surface area (Å²) < 4.78 is 16.1. The molecule has 3 aliphatic rings. The van der Waals surface area contributed by atoms with E-state index in [4.69, 9.17) is 9.47 Å². The zero-order valence-electron chi connectivity index (χ0n) is 32.8. The fourth-order valence-electron chi connectivity index (χ4n) is 9.42. The Kier molecular flexibility index (Phi) is 8.90. The number of carbonyl (C=O) groups excluding carboxylic acids is 2. The van der Waals surface area contributed by atoms with Gasteiger partial charge in [-0.25, -0.2) is 28.5 Å². The van der Waals surface area contributed by atoms with Gasteiger partial charge in [0.1, 0.15) is 11.4 Å². The molecule has 4 heterocycles. The van der Waals surface area contributed by atoms with Crippen molar-refractivity contribution in [2.45, 2.75) is 50.2 Å². The van der Waals surface area contributed by atoms with Gasteiger partial charge in [-0.15, -0.1) is 0 Å². The number of hydrogen-bond donors (Lipinski definition) is 2. The number of fused-ring (bicyclic) bond motifs is 5. The average Bonchev–Trinajstić information content (AvgIpc) is 3.62. The molecular formula is C44H41N7O8. The van der Waals surface area contributed by atoms with Gasteiger partial charge in [-0.3, -0.25) is 19.8 Å². The van der Waals surface area contributed by atoms with E-state index in [2.05, 4.69) is 10.4 Å². The van der Waals surface area contributed by atoms with Gasteiger partial charge in [0.2, 0.25) is 0 Å². The number of aromatic nitrogens is 5. The molecule has 9 rings (SSSR count). The quantitative estimate of drug-likeness (QED) is 0.161. The normalized spacial score (nSPS) is 20.8. The minimum absolute atomic E-state index is 0.00282. The monoisotopic (exact) mass is 795 g/mol. The summed E-state index contributed by atoms with van der Waals surface area (Å²) >= 11 is 0. The largest absolute Gasteiger partial charge is 0.508 e. The Morgan fingerprint density at radius 3 is 2.32 bits per heavy atom. The second kappa shape index (κ2) is 14.0. The lowest BCUT2D eigenvalue weighted by Crippen LogP contribution is -2.53. The number of allylic oxidation sites excluding steroid dienone is 2. The Morgan fingerprint density at radius 2 is 1.61 bits per heavy atom. The summed E-state index contributed by atoms with van der Waals surface area (Å²) in [6.45, 7) is 1.80. The van der Waals surface area contributed by atoms with Crippen LogP contribution in [0.3, 0.4) is 0 Å². The van der Waals surface area contributed by atoms with Crippen LogP contribution < -0.4 is 31.8 Å². The van der Waals surface area contributed by atoms with Crippen molar-refractivity contribution in [2.24, 2.45) is 13.0 Å². The maximum atomic E-state index is 15.3. The summed E-state index contributed by atoms with van der Waals surface area (Å²) in [6, 6.07) is 25.6. The van der Waals surface area contributed by atoms with E-state index in [-0.39, 0.29) is 37.4 Å². The van der Waals surface area contributed by atoms with E-state index in [1.54, 1.807) is 43.4 Å². The minimum atomic E-state index is -1.49. The van der Waals surface area contributed by atoms with Gasteiger partial charge in [-0.05, 0) is 54.3 Å². The van der Waals surface area contributed by atoms with Crippen LogP contribution in [0.25, 0.3) is 11.0 Å². The van der Waals surface area contributed by atoms with Crippen LogP contribution in [0.5, 0.6) is 17.2 Å². The molecule has 59 heavy (non-hydrogen) atoms. The predicted molar refractivity (Wildman–Crippen MR) is 218 cm³/mol. The number of rotatable bonds is 9. The summed E-state index contributed by atoms with van der Waals surface area (Å²) in [6.07, 6.45) is 1.86. The maximum absolute atomic E-state index is 15.3. The molecule has 4 aromatic carbocycles. The number of imide groups is 1. The van der Waals surface area contributed by atoms with Crippen LogP contribution in [0.4, 0.5) is 5.69 Å². The molecule has 2 aliphatic heterocycles. The lowest BCUT2D eigenvalue weighted by molar-refractivity contribution is -0.138. The highest BCUT2D eigenvalue weighted by molar-refractivity contribution is 6.12. The number of hydrogen-bond acceptors (Lipinski definition) is 10. The van der Waals surface area contributed by atoms with Gasteiger partial charge in [-0.2, -0.15) is 5.01 Å². The van der Waals surface area contributed by atoms with E-state index in [1.165, 1.54) is 34.2 Å². The van der Waals surface area contributed by atoms with Crippen LogP contribution >= 0.6 is 0 Å². The first-order valence-corrected chi connectivity index (χ1v) is 19.3. The van der Waals surface area contributed by atoms with Crippen molar-refractivity contribution < 1.29 is 24.2 Å². The first-order chi connectivity index (χ1) is 28.5. The molecule has 15 heteroatoms. The molecule has 0 bridgehead atoms. The third-order valence-corrected chi connectivity index (χ3v) is 12.2. The molecule has 1 saturated heterocycles. The first kappa shape index (κ1) is 37.4. The highest BCUT2D eigenvalue weighted by Gasteiger charge is 2.68. The number of phenols is 1. The predicted octanol–water partition coefficient (Wildman–Crippen LogP) is 3.95. The smallest absolute Gasteiger partial charge is 0.347 e. The van der Waals surface area contributed by atoms with Gasteiger partial charge in [-0.1, -0.05) is 66.2 Å². The Labute approximate surface area is 336 Å². The van der Waals surface area contributed by atoms with Crippen LogP contribution in [0.2, 0.25) is 0 Å². The number of anilines is 1. The summed E-state index contributed by atoms with van der Waals surface area (Å²) in [7, 11) is 4.61. The number of nitrogens with one attached hydrogen (secondary N) is 1. The molecule has 0 unspecified atom stereocenters. The second-order valence-electron chi connectivity index (χ2n) is 15.2. The van der Waals surface area contributed by atoms with E-state index in [0.717, 1.165) is 15.1 Å². The van der Waals surface area contributed by atoms with Gasteiger partial charge < -0.3 is 19.1 Å². The molecule has 0 spiro atoms. The third kappa shape index (κ3) is 5.62. The van der Waals surface area contributed by atoms with Gasteiger partial charge in [0, 0.05) is 38.1 Å². The zero-order valence-corrected chi connectivity index (χ0v) is 32.8. The van der Waals surface area contributed by atoms with Gasteiger partial charge in [0.15, 0.2) is 11.5 Å². The molecule has 1 saturated carbocycles. The topological polar surface area (TPSA) is 172 Å². The van der Waals surface area contributed by atoms with Crippen LogP contribution in [0, 0.1) is 12.8 Å². The standard InChI is InChI=1S/C44H41N7O8/c1-25-13-15-28(16-14-25)46-50-39(53)31-22-34-30(38(26-9-8-12-29(52)21-26)44(31,41(50)55)27-10-6-5-7-11-27)17-20-49-42(56)48(43(57)51(34)49)19-18-32-40(54)47(2)35-24-37(59-4)36(58-3)23-33(35)45-32/h5-17,21,23-24,31,34,38,46,52H,18-20,22H2,1-4H3/t31-,34+,38-,44+/m0/s1. The highest BCUT2D eigenvalue weighted by Crippen LogP contribution is 2.62. The number of aryl methyl sites for hydroxylation is 3. The molecule has 1 aliphatic carbocycles. The van der Waals surface area contributed by atoms with Crippen LogP contribution in [-0.2, 0) is 41.6 Å². The molecule has 15 nitrogen and oxygen atoms in total. The Bertz CT molecular complexity index is 2910. The van der Waals surface area contributed by atoms with E-state index in [1.807, 2.05) is 61.5 Å². The number of methoxy groups -OCH3 is 2. The zero-order chi connectivity index (χ0) is 41.3. The van der Waals surface area contributed by atoms with E-state index >= 15 is 4.79 Å². The van der Waals surface area contributed by atoms with E-state index in [0.29, 0.717) is 44.9 Å². The fourth-order valence-corrected chi connectivity index (χ4v) is 9.42. The van der Waals surface area contributed by atoms with E-state index in [9.17, 15) is 24.3 Å². The summed E-state index contributed by atoms with van der Waals surface area (Å²) in [5, 5.41) is 11.9. The summed E-state index contributed by atoms with van der Waals surface area (Å²) in [5.41, 5.74) is 4.53. The molecule has 6 aromatic rings. The number of amides is 2. The molecule has 2 fully saturated rings. The number of nitrogens with zero attached hydrogens (tertiary/aromatic N) is 6. The van der Waals surface area contributed by atoms with Crippen LogP contribution in [-0.4, -0.2) is 59.6 Å². The maximum Gasteiger partial charge on any atom is 0.347 e. The van der Waals surface area contributed by atoms with Crippen LogP contribution in [0.15, 0.2) is 117 Å². The minimum Gasteiger partial charge on any atom is -0.508 e. The Hall–Kier alpha value is -7.16. The molecule has 4 atom stereocenters. The van der Waals surface area contributed by atoms with E-state index < -0.39 is 52.0 Å². The first-order valence-electron chi connectivity index (χ1n) is 19.3. The Balaban J connectivity index is 1.15. The van der Waals surface area contributed by atoms with Gasteiger partial charge in [0.05, 0.1) is 54.9 Å². The number of hydrazine groups is 1. The average molecular weight is 796 g/mol. The van der Waals surface area contributed by atoms with Crippen molar-refractivity contribution in [1.29, 1.82) is 0 Å². The SMILES string of the molecule is COc1cc2nc(CCn3c(=O)n4n(c3=O)[C@@H]3C[C@H]5C(=O)N(Nc6ccc(C)cc6)C(=O)[C@@]5(c5ccccc5)[C@@H](c5cccc(O)c5)C3=CC4)c(=O)n(C)c2cc1OC. The number of phenolic OH excluding ortho intramolecular Hbond substituents is 1. The molecule has 2 N–H and O–H groups in total. The number of carbonyl (C=O) groups is 2. The van der Waals surface area contributed by atoms with Crippen molar-refractivity contribution in [1.82, 2.24) is 28.5 Å².